The van der Waals surface area contributed by atoms with Crippen LogP contribution in [0.3, 0.4) is 0 Å². The van der Waals surface area contributed by atoms with Crippen LogP contribution in [0.5, 0.6) is 0 Å². The zero-order valence-corrected chi connectivity index (χ0v) is 21.5. The van der Waals surface area contributed by atoms with Crippen molar-refractivity contribution in [3.8, 4) is 0 Å². The van der Waals surface area contributed by atoms with Crippen molar-refractivity contribution in [2.24, 2.45) is 11.8 Å². The quantitative estimate of drug-likeness (QED) is 0.156. The Labute approximate surface area is 207 Å². The molecule has 1 spiro atoms. The fourth-order valence-electron chi connectivity index (χ4n) is 5.27. The maximum Gasteiger partial charge on any atom is 0.310 e. The Morgan fingerprint density at radius 1 is 1.11 bits per heavy atom. The van der Waals surface area contributed by atoms with Crippen molar-refractivity contribution in [2.75, 3.05) is 0 Å². The summed E-state index contributed by atoms with van der Waals surface area (Å²) in [7, 11) is 0. The van der Waals surface area contributed by atoms with E-state index in [-0.39, 0.29) is 17.6 Å². The lowest BCUT2D eigenvalue weighted by Crippen LogP contribution is -2.49. The van der Waals surface area contributed by atoms with Gasteiger partial charge in [-0.1, -0.05) is 71.1 Å². The third-order valence-corrected chi connectivity index (χ3v) is 7.30. The number of esters is 1. The van der Waals surface area contributed by atoms with Crippen LogP contribution in [0.4, 0.5) is 0 Å². The van der Waals surface area contributed by atoms with E-state index in [9.17, 15) is 14.4 Å². The molecule has 0 aromatic carbocycles. The molecular formula is C27H39NO7. The van der Waals surface area contributed by atoms with Crippen LogP contribution in [-0.2, 0) is 33.3 Å². The van der Waals surface area contributed by atoms with Crippen LogP contribution in [0.25, 0.3) is 0 Å². The molecule has 4 aliphatic rings. The zero-order chi connectivity index (χ0) is 25.3. The van der Waals surface area contributed by atoms with Crippen LogP contribution < -0.4 is 5.32 Å². The first-order chi connectivity index (χ1) is 16.7. The second-order valence-corrected chi connectivity index (χ2v) is 10.8. The van der Waals surface area contributed by atoms with E-state index >= 15 is 0 Å². The van der Waals surface area contributed by atoms with Gasteiger partial charge in [-0.25, -0.2) is 0 Å². The van der Waals surface area contributed by atoms with E-state index in [1.54, 1.807) is 19.9 Å². The van der Waals surface area contributed by atoms with Gasteiger partial charge < -0.3 is 24.3 Å². The lowest BCUT2D eigenvalue weighted by molar-refractivity contribution is -0.200. The Kier molecular flexibility index (Phi) is 7.83. The second-order valence-electron chi connectivity index (χ2n) is 10.8. The minimum atomic E-state index is -0.968. The van der Waals surface area contributed by atoms with Gasteiger partial charge in [0.25, 0.3) is 0 Å². The van der Waals surface area contributed by atoms with Gasteiger partial charge in [-0.3, -0.25) is 14.4 Å². The van der Waals surface area contributed by atoms with Crippen molar-refractivity contribution >= 4 is 17.7 Å². The highest BCUT2D eigenvalue weighted by Crippen LogP contribution is 2.57. The highest BCUT2D eigenvalue weighted by molar-refractivity contribution is 5.95. The molecule has 1 aliphatic carbocycles. The predicted molar refractivity (Wildman–Crippen MR) is 128 cm³/mol. The first-order valence-corrected chi connectivity index (χ1v) is 13.1. The second kappa shape index (κ2) is 10.5. The fourth-order valence-corrected chi connectivity index (χ4v) is 5.27. The van der Waals surface area contributed by atoms with Crippen LogP contribution in [0.1, 0.15) is 73.1 Å². The number of carbonyl (C=O) groups is 3. The lowest BCUT2D eigenvalue weighted by atomic mass is 9.81. The molecule has 4 rings (SSSR count). The molecule has 4 fully saturated rings. The van der Waals surface area contributed by atoms with Gasteiger partial charge in [0, 0.05) is 12.5 Å². The topological polar surface area (TPSA) is 107 Å². The molecule has 3 aliphatic heterocycles. The van der Waals surface area contributed by atoms with Gasteiger partial charge >= 0.3 is 5.97 Å². The van der Waals surface area contributed by atoms with Crippen molar-refractivity contribution in [1.82, 2.24) is 5.32 Å². The number of Topliss-reactive ketones (excluding diaryl/α,β-unsaturated/α-hetero) is 1. The molecule has 3 heterocycles. The van der Waals surface area contributed by atoms with Gasteiger partial charge in [0.15, 0.2) is 5.78 Å². The standard InChI is InChI=1S/C27H39NO7/c1-6-7-8-9-10-16(4)13-17(5)11-12-19(29)28-18-14-27(35-26(18)34-25(31)15(2)3)23-21(32-23)20(30)22-24(27)33-22/h11-13,15-16,18,21-24,26H,6-10,14H2,1-5H3,(H,28,29)/b12-11+,17-13-. The van der Waals surface area contributed by atoms with Crippen molar-refractivity contribution in [3.05, 3.63) is 23.8 Å². The largest absolute Gasteiger partial charge is 0.433 e. The Balaban J connectivity index is 1.37. The molecule has 0 aromatic heterocycles. The molecule has 0 aromatic rings. The normalized spacial score (nSPS) is 36.3. The summed E-state index contributed by atoms with van der Waals surface area (Å²) >= 11 is 0. The van der Waals surface area contributed by atoms with Gasteiger partial charge in [0.05, 0.1) is 12.0 Å². The Bertz CT molecular complexity index is 874. The molecule has 7 unspecified atom stereocenters. The first-order valence-electron chi connectivity index (χ1n) is 13.1. The number of ketones is 1. The molecule has 7 atom stereocenters. The van der Waals surface area contributed by atoms with Gasteiger partial charge in [0.2, 0.25) is 12.2 Å². The van der Waals surface area contributed by atoms with Gasteiger partial charge in [0.1, 0.15) is 30.0 Å². The van der Waals surface area contributed by atoms with Crippen LogP contribution in [-0.4, -0.2) is 60.0 Å². The average Bonchev–Trinajstić information content (AvgIpc) is 3.72. The summed E-state index contributed by atoms with van der Waals surface area (Å²) in [6, 6.07) is -0.570. The number of nitrogens with one attached hydrogen (secondary N) is 1. The molecule has 3 saturated heterocycles. The van der Waals surface area contributed by atoms with Crippen LogP contribution >= 0.6 is 0 Å². The molecular weight excluding hydrogens is 450 g/mol. The fraction of sp³-hybridized carbons (Fsp3) is 0.741. The summed E-state index contributed by atoms with van der Waals surface area (Å²) in [6.07, 6.45) is 9.04. The number of hydrogen-bond acceptors (Lipinski definition) is 7. The predicted octanol–water partition coefficient (Wildman–Crippen LogP) is 3.38. The Morgan fingerprint density at radius 3 is 2.43 bits per heavy atom. The third-order valence-electron chi connectivity index (χ3n) is 7.30. The Hall–Kier alpha value is -2.03. The van der Waals surface area contributed by atoms with E-state index in [4.69, 9.17) is 18.9 Å². The zero-order valence-electron chi connectivity index (χ0n) is 21.5. The van der Waals surface area contributed by atoms with Crippen molar-refractivity contribution in [2.45, 2.75) is 115 Å². The molecule has 35 heavy (non-hydrogen) atoms. The molecule has 1 saturated carbocycles. The van der Waals surface area contributed by atoms with E-state index in [0.717, 1.165) is 12.0 Å². The number of epoxide rings is 2. The highest BCUT2D eigenvalue weighted by Gasteiger charge is 2.79. The van der Waals surface area contributed by atoms with Crippen molar-refractivity contribution < 1.29 is 33.3 Å². The summed E-state index contributed by atoms with van der Waals surface area (Å²) in [6.45, 7) is 9.87. The third kappa shape index (κ3) is 5.70. The van der Waals surface area contributed by atoms with E-state index in [1.807, 2.05) is 6.92 Å². The molecule has 8 heteroatoms. The molecule has 1 amide bonds. The van der Waals surface area contributed by atoms with Gasteiger partial charge in [-0.05, 0) is 19.3 Å². The first kappa shape index (κ1) is 26.0. The smallest absolute Gasteiger partial charge is 0.310 e. The maximum absolute atomic E-state index is 12.8. The van der Waals surface area contributed by atoms with Crippen LogP contribution in [0, 0.1) is 11.8 Å². The monoisotopic (exact) mass is 489 g/mol. The molecule has 1 N–H and O–H groups in total. The van der Waals surface area contributed by atoms with E-state index in [0.29, 0.717) is 12.3 Å². The van der Waals surface area contributed by atoms with Crippen LogP contribution in [0.2, 0.25) is 0 Å². The highest BCUT2D eigenvalue weighted by atomic mass is 16.8. The number of unbranched alkanes of at least 4 members (excludes halogenated alkanes) is 3. The number of rotatable bonds is 11. The van der Waals surface area contributed by atoms with E-state index in [1.165, 1.54) is 31.8 Å². The van der Waals surface area contributed by atoms with Gasteiger partial charge in [-0.15, -0.1) is 0 Å². The lowest BCUT2D eigenvalue weighted by Gasteiger charge is -2.27. The van der Waals surface area contributed by atoms with Crippen molar-refractivity contribution in [3.63, 3.8) is 0 Å². The number of amides is 1. The summed E-state index contributed by atoms with van der Waals surface area (Å²) in [4.78, 5) is 37.3. The minimum Gasteiger partial charge on any atom is -0.433 e. The summed E-state index contributed by atoms with van der Waals surface area (Å²) < 4.78 is 23.0. The number of carbonyl (C=O) groups excluding carboxylic acids is 3. The summed E-state index contributed by atoms with van der Waals surface area (Å²) in [5, 5.41) is 2.94. The SMILES string of the molecule is CCCCCCC(C)/C=C(C)\C=C\C(=O)NC1CC2(OC1OC(=O)C(C)C)C1OC1C(=O)C1OC12. The number of fused-ring (bicyclic) bond motifs is 4. The number of ether oxygens (including phenoxy) is 4. The maximum atomic E-state index is 12.8. The van der Waals surface area contributed by atoms with E-state index in [2.05, 4.69) is 25.2 Å². The van der Waals surface area contributed by atoms with E-state index < -0.39 is 48.3 Å². The summed E-state index contributed by atoms with van der Waals surface area (Å²) in [5.41, 5.74) is 0.134. The molecule has 0 bridgehead atoms. The minimum absolute atomic E-state index is 0.0535. The van der Waals surface area contributed by atoms with Crippen LogP contribution in [0.15, 0.2) is 23.8 Å². The number of hydrogen-bond donors (Lipinski definition) is 1. The Morgan fingerprint density at radius 2 is 1.80 bits per heavy atom. The molecule has 194 valence electrons. The number of allylic oxidation sites excluding steroid dienone is 3. The van der Waals surface area contributed by atoms with Gasteiger partial charge in [-0.2, -0.15) is 0 Å². The molecule has 8 nitrogen and oxygen atoms in total. The summed E-state index contributed by atoms with van der Waals surface area (Å²) in [5.74, 6) is -0.650. The average molecular weight is 490 g/mol. The molecule has 0 radical (unpaired) electrons. The van der Waals surface area contributed by atoms with Crippen molar-refractivity contribution in [1.29, 1.82) is 0 Å².